The maximum Gasteiger partial charge on any atom is 0.165 e. The lowest BCUT2D eigenvalue weighted by atomic mass is 10.5. The number of nitrogens with zero attached hydrogens (tertiary/aromatic N) is 3. The van der Waals surface area contributed by atoms with Gasteiger partial charge in [0.05, 0.1) is 6.20 Å². The molecular formula is C8H6N4. The molecule has 58 valence electrons. The highest BCUT2D eigenvalue weighted by Gasteiger charge is 2.01. The van der Waals surface area contributed by atoms with E-state index in [-0.39, 0.29) is 0 Å². The Bertz CT molecular complexity index is 533. The molecule has 0 saturated heterocycles. The van der Waals surface area contributed by atoms with E-state index >= 15 is 0 Å². The predicted octanol–water partition coefficient (Wildman–Crippen LogP) is 1.21. The maximum atomic E-state index is 4.16. The summed E-state index contributed by atoms with van der Waals surface area (Å²) < 4.78 is 2.00. The fourth-order valence-electron chi connectivity index (χ4n) is 1.41. The van der Waals surface area contributed by atoms with Crippen molar-refractivity contribution < 1.29 is 0 Å². The molecule has 12 heavy (non-hydrogen) atoms. The third kappa shape index (κ3) is 0.567. The first-order chi connectivity index (χ1) is 5.95. The number of aromatic amines is 1. The van der Waals surface area contributed by atoms with Crippen molar-refractivity contribution in [2.45, 2.75) is 0 Å². The fraction of sp³-hybridized carbons (Fsp3) is 0. The van der Waals surface area contributed by atoms with Crippen molar-refractivity contribution in [1.29, 1.82) is 0 Å². The SMILES string of the molecule is c1cc2[nH]c3cncnc3n2c1. The maximum absolute atomic E-state index is 4.16. The van der Waals surface area contributed by atoms with Gasteiger partial charge in [-0.1, -0.05) is 0 Å². The van der Waals surface area contributed by atoms with Gasteiger partial charge in [-0.2, -0.15) is 0 Å². The van der Waals surface area contributed by atoms with Crippen LogP contribution in [-0.4, -0.2) is 19.4 Å². The number of rotatable bonds is 0. The molecular weight excluding hydrogens is 152 g/mol. The zero-order valence-electron chi connectivity index (χ0n) is 6.23. The lowest BCUT2D eigenvalue weighted by Gasteiger charge is -1.85. The van der Waals surface area contributed by atoms with Gasteiger partial charge < -0.3 is 4.98 Å². The van der Waals surface area contributed by atoms with E-state index in [4.69, 9.17) is 0 Å². The van der Waals surface area contributed by atoms with Gasteiger partial charge in [0.15, 0.2) is 5.65 Å². The molecule has 0 fully saturated rings. The molecule has 0 radical (unpaired) electrons. The Labute approximate surface area is 67.9 Å². The second-order valence-electron chi connectivity index (χ2n) is 2.65. The van der Waals surface area contributed by atoms with Crippen LogP contribution in [0.4, 0.5) is 0 Å². The van der Waals surface area contributed by atoms with Gasteiger partial charge in [0, 0.05) is 6.20 Å². The average molecular weight is 158 g/mol. The van der Waals surface area contributed by atoms with E-state index in [0.717, 1.165) is 16.8 Å². The zero-order chi connectivity index (χ0) is 7.97. The standard InChI is InChI=1S/C8H6N4/c1-2-7-11-6-4-9-5-10-8(6)12(7)3-1/h1-5,11H. The predicted molar refractivity (Wildman–Crippen MR) is 44.8 cm³/mol. The van der Waals surface area contributed by atoms with Crippen LogP contribution < -0.4 is 0 Å². The third-order valence-corrected chi connectivity index (χ3v) is 1.93. The van der Waals surface area contributed by atoms with Crippen LogP contribution in [0.2, 0.25) is 0 Å². The van der Waals surface area contributed by atoms with E-state index < -0.39 is 0 Å². The highest BCUT2D eigenvalue weighted by molar-refractivity contribution is 5.75. The number of imidazole rings is 1. The number of hydrogen-bond donors (Lipinski definition) is 1. The van der Waals surface area contributed by atoms with E-state index in [1.807, 2.05) is 22.7 Å². The van der Waals surface area contributed by atoms with Crippen LogP contribution in [0.25, 0.3) is 16.8 Å². The highest BCUT2D eigenvalue weighted by atomic mass is 15.1. The van der Waals surface area contributed by atoms with Crippen molar-refractivity contribution in [3.8, 4) is 0 Å². The Hall–Kier alpha value is -1.84. The van der Waals surface area contributed by atoms with Crippen molar-refractivity contribution in [2.75, 3.05) is 0 Å². The van der Waals surface area contributed by atoms with Crippen molar-refractivity contribution in [2.24, 2.45) is 0 Å². The molecule has 0 aliphatic rings. The summed E-state index contributed by atoms with van der Waals surface area (Å²) in [5.74, 6) is 0. The van der Waals surface area contributed by atoms with Crippen LogP contribution in [0.5, 0.6) is 0 Å². The average Bonchev–Trinajstić information content (AvgIpc) is 2.62. The number of nitrogens with one attached hydrogen (secondary N) is 1. The summed E-state index contributed by atoms with van der Waals surface area (Å²) >= 11 is 0. The molecule has 1 N–H and O–H groups in total. The Morgan fingerprint density at radius 2 is 2.42 bits per heavy atom. The fourth-order valence-corrected chi connectivity index (χ4v) is 1.41. The molecule has 3 aromatic rings. The Morgan fingerprint density at radius 1 is 1.42 bits per heavy atom. The lowest BCUT2D eigenvalue weighted by Crippen LogP contribution is -1.81. The first kappa shape index (κ1) is 5.77. The van der Waals surface area contributed by atoms with Gasteiger partial charge >= 0.3 is 0 Å². The number of hydrogen-bond acceptors (Lipinski definition) is 2. The van der Waals surface area contributed by atoms with Crippen LogP contribution in [-0.2, 0) is 0 Å². The molecule has 4 nitrogen and oxygen atoms in total. The first-order valence-electron chi connectivity index (χ1n) is 3.70. The van der Waals surface area contributed by atoms with E-state index in [0.29, 0.717) is 0 Å². The Balaban J connectivity index is 2.68. The van der Waals surface area contributed by atoms with Crippen molar-refractivity contribution in [1.82, 2.24) is 19.4 Å². The minimum atomic E-state index is 0.921. The molecule has 0 unspecified atom stereocenters. The molecule has 3 rings (SSSR count). The molecule has 0 spiro atoms. The normalized spacial score (nSPS) is 11.3. The second kappa shape index (κ2) is 1.85. The van der Waals surface area contributed by atoms with Gasteiger partial charge in [0.25, 0.3) is 0 Å². The van der Waals surface area contributed by atoms with Crippen molar-refractivity contribution in [3.63, 3.8) is 0 Å². The summed E-state index contributed by atoms with van der Waals surface area (Å²) in [5.41, 5.74) is 2.93. The van der Waals surface area contributed by atoms with Gasteiger partial charge in [0.1, 0.15) is 17.5 Å². The number of aromatic nitrogens is 4. The molecule has 0 aromatic carbocycles. The third-order valence-electron chi connectivity index (χ3n) is 1.93. The van der Waals surface area contributed by atoms with E-state index in [2.05, 4.69) is 15.0 Å². The second-order valence-corrected chi connectivity index (χ2v) is 2.65. The summed E-state index contributed by atoms with van der Waals surface area (Å²) in [6, 6.07) is 3.98. The minimum absolute atomic E-state index is 0.921. The lowest BCUT2D eigenvalue weighted by molar-refractivity contribution is 1.16. The van der Waals surface area contributed by atoms with Gasteiger partial charge in [0.2, 0.25) is 0 Å². The van der Waals surface area contributed by atoms with E-state index in [9.17, 15) is 0 Å². The molecule has 0 amide bonds. The van der Waals surface area contributed by atoms with Crippen molar-refractivity contribution in [3.05, 3.63) is 30.9 Å². The Kier molecular flexibility index (Phi) is 0.889. The topological polar surface area (TPSA) is 46.0 Å². The number of H-pyrrole nitrogens is 1. The quantitative estimate of drug-likeness (QED) is 0.534. The molecule has 0 saturated carbocycles. The van der Waals surface area contributed by atoms with Gasteiger partial charge in [-0.05, 0) is 12.1 Å². The molecule has 3 aromatic heterocycles. The number of fused-ring (bicyclic) bond motifs is 3. The molecule has 4 heteroatoms. The van der Waals surface area contributed by atoms with Crippen LogP contribution >= 0.6 is 0 Å². The zero-order valence-corrected chi connectivity index (χ0v) is 6.23. The highest BCUT2D eigenvalue weighted by Crippen LogP contribution is 2.12. The molecule has 0 aliphatic heterocycles. The van der Waals surface area contributed by atoms with E-state index in [1.165, 1.54) is 0 Å². The van der Waals surface area contributed by atoms with Crippen molar-refractivity contribution >= 4 is 16.8 Å². The minimum Gasteiger partial charge on any atom is -0.337 e. The summed E-state index contributed by atoms with van der Waals surface area (Å²) in [4.78, 5) is 11.3. The van der Waals surface area contributed by atoms with Crippen LogP contribution in [0.1, 0.15) is 0 Å². The first-order valence-corrected chi connectivity index (χ1v) is 3.70. The van der Waals surface area contributed by atoms with Gasteiger partial charge in [-0.3, -0.25) is 4.40 Å². The smallest absolute Gasteiger partial charge is 0.165 e. The summed E-state index contributed by atoms with van der Waals surface area (Å²) in [7, 11) is 0. The Morgan fingerprint density at radius 3 is 3.42 bits per heavy atom. The summed E-state index contributed by atoms with van der Waals surface area (Å²) in [6.45, 7) is 0. The molecule has 0 bridgehead atoms. The van der Waals surface area contributed by atoms with Crippen LogP contribution in [0, 0.1) is 0 Å². The van der Waals surface area contributed by atoms with Gasteiger partial charge in [-0.25, -0.2) is 9.97 Å². The largest absolute Gasteiger partial charge is 0.337 e. The van der Waals surface area contributed by atoms with Crippen LogP contribution in [0.3, 0.4) is 0 Å². The summed E-state index contributed by atoms with van der Waals surface area (Å²) in [6.07, 6.45) is 5.30. The molecule has 0 aliphatic carbocycles. The molecule has 3 heterocycles. The monoisotopic (exact) mass is 158 g/mol. The molecule has 0 atom stereocenters. The summed E-state index contributed by atoms with van der Waals surface area (Å²) in [5, 5.41) is 0. The van der Waals surface area contributed by atoms with E-state index in [1.54, 1.807) is 12.5 Å². The van der Waals surface area contributed by atoms with Gasteiger partial charge in [-0.15, -0.1) is 0 Å². The van der Waals surface area contributed by atoms with Crippen LogP contribution in [0.15, 0.2) is 30.9 Å².